The summed E-state index contributed by atoms with van der Waals surface area (Å²) in [6.07, 6.45) is 1.61. The summed E-state index contributed by atoms with van der Waals surface area (Å²) in [6.45, 7) is 3.97. The molecule has 0 atom stereocenters. The van der Waals surface area contributed by atoms with Gasteiger partial charge in [0.05, 0.1) is 11.3 Å². The van der Waals surface area contributed by atoms with E-state index >= 15 is 0 Å². The molecule has 17 heavy (non-hydrogen) atoms. The second kappa shape index (κ2) is 6.41. The van der Waals surface area contributed by atoms with E-state index in [-0.39, 0.29) is 11.8 Å². The van der Waals surface area contributed by atoms with Crippen LogP contribution in [-0.2, 0) is 4.79 Å². The third-order valence-corrected chi connectivity index (χ3v) is 3.21. The van der Waals surface area contributed by atoms with E-state index in [1.54, 1.807) is 18.2 Å². The number of hydrogen-bond donors (Lipinski definition) is 1. The van der Waals surface area contributed by atoms with Gasteiger partial charge >= 0.3 is 0 Å². The minimum Gasteiger partial charge on any atom is -0.325 e. The number of nitrogens with one attached hydrogen (secondary N) is 1. The van der Waals surface area contributed by atoms with Crippen LogP contribution in [0.15, 0.2) is 22.7 Å². The lowest BCUT2D eigenvalue weighted by atomic mass is 10.0. The highest BCUT2D eigenvalue weighted by Crippen LogP contribution is 2.22. The molecule has 1 rings (SSSR count). The number of nitriles is 1. The van der Waals surface area contributed by atoms with E-state index in [0.29, 0.717) is 11.3 Å². The van der Waals surface area contributed by atoms with Gasteiger partial charge in [-0.3, -0.25) is 4.79 Å². The second-order valence-electron chi connectivity index (χ2n) is 3.80. The van der Waals surface area contributed by atoms with E-state index in [1.165, 1.54) is 0 Å². The lowest BCUT2D eigenvalue weighted by Crippen LogP contribution is -2.22. The lowest BCUT2D eigenvalue weighted by Gasteiger charge is -2.13. The molecule has 4 heteroatoms. The van der Waals surface area contributed by atoms with Crippen LogP contribution >= 0.6 is 15.9 Å². The average Bonchev–Trinajstić information content (AvgIpc) is 2.31. The zero-order valence-corrected chi connectivity index (χ0v) is 11.5. The van der Waals surface area contributed by atoms with E-state index in [2.05, 4.69) is 27.3 Å². The van der Waals surface area contributed by atoms with E-state index in [1.807, 2.05) is 13.8 Å². The molecule has 0 aliphatic carbocycles. The molecule has 0 saturated carbocycles. The molecular weight excluding hydrogens is 280 g/mol. The Morgan fingerprint density at radius 2 is 2.12 bits per heavy atom. The van der Waals surface area contributed by atoms with Crippen molar-refractivity contribution in [3.63, 3.8) is 0 Å². The molecule has 1 N–H and O–H groups in total. The third kappa shape index (κ3) is 3.57. The number of amides is 1. The number of carbonyl (C=O) groups is 1. The zero-order chi connectivity index (χ0) is 12.8. The van der Waals surface area contributed by atoms with Gasteiger partial charge in [0.15, 0.2) is 0 Å². The normalized spacial score (nSPS) is 10.1. The smallest absolute Gasteiger partial charge is 0.227 e. The third-order valence-electron chi connectivity index (χ3n) is 2.72. The molecule has 0 fully saturated rings. The Morgan fingerprint density at radius 1 is 1.47 bits per heavy atom. The maximum atomic E-state index is 11.9. The molecular formula is C13H15BrN2O. The number of benzene rings is 1. The fourth-order valence-electron chi connectivity index (χ4n) is 1.61. The number of hydrogen-bond acceptors (Lipinski definition) is 2. The molecule has 0 heterocycles. The van der Waals surface area contributed by atoms with Gasteiger partial charge in [-0.25, -0.2) is 0 Å². The maximum absolute atomic E-state index is 11.9. The van der Waals surface area contributed by atoms with Crippen molar-refractivity contribution >= 4 is 27.5 Å². The molecule has 1 aromatic carbocycles. The fourth-order valence-corrected chi connectivity index (χ4v) is 1.97. The number of anilines is 1. The SMILES string of the molecule is CCC(CC)C(=O)Nc1cc(Br)ccc1C#N. The number of carbonyl (C=O) groups excluding carboxylic acids is 1. The largest absolute Gasteiger partial charge is 0.325 e. The minimum absolute atomic E-state index is 0.000486. The van der Waals surface area contributed by atoms with Gasteiger partial charge in [0.2, 0.25) is 5.91 Å². The molecule has 0 radical (unpaired) electrons. The van der Waals surface area contributed by atoms with Crippen LogP contribution in [0.3, 0.4) is 0 Å². The molecule has 1 aromatic rings. The Balaban J connectivity index is 2.91. The van der Waals surface area contributed by atoms with E-state index in [9.17, 15) is 4.79 Å². The van der Waals surface area contributed by atoms with Gasteiger partial charge in [-0.2, -0.15) is 5.26 Å². The first-order valence-electron chi connectivity index (χ1n) is 5.62. The van der Waals surface area contributed by atoms with Gasteiger partial charge in [0, 0.05) is 10.4 Å². The Hall–Kier alpha value is -1.34. The molecule has 0 aliphatic heterocycles. The molecule has 90 valence electrons. The van der Waals surface area contributed by atoms with E-state index in [0.717, 1.165) is 17.3 Å². The Morgan fingerprint density at radius 3 is 2.65 bits per heavy atom. The molecule has 0 aromatic heterocycles. The van der Waals surface area contributed by atoms with Gasteiger partial charge < -0.3 is 5.32 Å². The van der Waals surface area contributed by atoms with Crippen LogP contribution in [0.1, 0.15) is 32.3 Å². The Kier molecular flexibility index (Phi) is 5.17. The minimum atomic E-state index is -0.0235. The zero-order valence-electron chi connectivity index (χ0n) is 9.96. The lowest BCUT2D eigenvalue weighted by molar-refractivity contribution is -0.120. The van der Waals surface area contributed by atoms with Gasteiger partial charge in [0.25, 0.3) is 0 Å². The van der Waals surface area contributed by atoms with Crippen LogP contribution in [0.25, 0.3) is 0 Å². The van der Waals surface area contributed by atoms with Crippen molar-refractivity contribution in [2.45, 2.75) is 26.7 Å². The quantitative estimate of drug-likeness (QED) is 0.921. The van der Waals surface area contributed by atoms with E-state index < -0.39 is 0 Å². The van der Waals surface area contributed by atoms with Crippen molar-refractivity contribution < 1.29 is 4.79 Å². The first kappa shape index (κ1) is 13.7. The van der Waals surface area contributed by atoms with Gasteiger partial charge in [-0.15, -0.1) is 0 Å². The van der Waals surface area contributed by atoms with Gasteiger partial charge in [-0.05, 0) is 31.0 Å². The summed E-state index contributed by atoms with van der Waals surface area (Å²) in [6, 6.07) is 7.29. The van der Waals surface area contributed by atoms with Crippen LogP contribution in [0.4, 0.5) is 5.69 Å². The van der Waals surface area contributed by atoms with Crippen LogP contribution < -0.4 is 5.32 Å². The summed E-state index contributed by atoms with van der Waals surface area (Å²) in [5.41, 5.74) is 1.05. The van der Waals surface area contributed by atoms with Crippen LogP contribution in [0.5, 0.6) is 0 Å². The number of rotatable bonds is 4. The van der Waals surface area contributed by atoms with Gasteiger partial charge in [-0.1, -0.05) is 29.8 Å². The molecule has 0 aliphatic rings. The number of nitrogens with zero attached hydrogens (tertiary/aromatic N) is 1. The Bertz CT molecular complexity index is 447. The molecule has 0 spiro atoms. The maximum Gasteiger partial charge on any atom is 0.227 e. The van der Waals surface area contributed by atoms with Crippen molar-refractivity contribution in [1.29, 1.82) is 5.26 Å². The monoisotopic (exact) mass is 294 g/mol. The fraction of sp³-hybridized carbons (Fsp3) is 0.385. The van der Waals surface area contributed by atoms with Crippen molar-refractivity contribution in [2.24, 2.45) is 5.92 Å². The second-order valence-corrected chi connectivity index (χ2v) is 4.72. The summed E-state index contributed by atoms with van der Waals surface area (Å²) >= 11 is 3.33. The van der Waals surface area contributed by atoms with Crippen LogP contribution in [-0.4, -0.2) is 5.91 Å². The molecule has 0 bridgehead atoms. The average molecular weight is 295 g/mol. The highest BCUT2D eigenvalue weighted by Gasteiger charge is 2.15. The van der Waals surface area contributed by atoms with Crippen molar-refractivity contribution in [3.05, 3.63) is 28.2 Å². The highest BCUT2D eigenvalue weighted by molar-refractivity contribution is 9.10. The first-order valence-corrected chi connectivity index (χ1v) is 6.42. The van der Waals surface area contributed by atoms with Crippen molar-refractivity contribution in [3.8, 4) is 6.07 Å². The molecule has 3 nitrogen and oxygen atoms in total. The summed E-state index contributed by atoms with van der Waals surface area (Å²) in [4.78, 5) is 11.9. The summed E-state index contributed by atoms with van der Waals surface area (Å²) in [5.74, 6) is -0.0230. The van der Waals surface area contributed by atoms with Crippen molar-refractivity contribution in [1.82, 2.24) is 0 Å². The van der Waals surface area contributed by atoms with E-state index in [4.69, 9.17) is 5.26 Å². The van der Waals surface area contributed by atoms with Crippen LogP contribution in [0.2, 0.25) is 0 Å². The van der Waals surface area contributed by atoms with Crippen LogP contribution in [0, 0.1) is 17.2 Å². The number of halogens is 1. The standard InChI is InChI=1S/C13H15BrN2O/c1-3-9(4-2)13(17)16-12-7-11(14)6-5-10(12)8-15/h5-7,9H,3-4H2,1-2H3,(H,16,17). The van der Waals surface area contributed by atoms with Crippen molar-refractivity contribution in [2.75, 3.05) is 5.32 Å². The predicted octanol–water partition coefficient (Wildman–Crippen LogP) is 3.70. The summed E-state index contributed by atoms with van der Waals surface area (Å²) in [7, 11) is 0. The van der Waals surface area contributed by atoms with Gasteiger partial charge in [0.1, 0.15) is 6.07 Å². The predicted molar refractivity (Wildman–Crippen MR) is 71.6 cm³/mol. The first-order chi connectivity index (χ1) is 8.12. The molecule has 0 saturated heterocycles. The molecule has 0 unspecified atom stereocenters. The Labute approximate surface area is 110 Å². The molecule has 1 amide bonds. The summed E-state index contributed by atoms with van der Waals surface area (Å²) < 4.78 is 0.844. The highest BCUT2D eigenvalue weighted by atomic mass is 79.9. The topological polar surface area (TPSA) is 52.9 Å². The summed E-state index contributed by atoms with van der Waals surface area (Å²) in [5, 5.41) is 11.8.